The molecule has 0 atom stereocenters. The molecule has 0 spiro atoms. The number of ether oxygens (including phenoxy) is 2. The molecule has 0 aliphatic carbocycles. The minimum absolute atomic E-state index is 0.537. The van der Waals surface area contributed by atoms with Gasteiger partial charge in [0.2, 0.25) is 17.8 Å². The first kappa shape index (κ1) is 16.4. The van der Waals surface area contributed by atoms with E-state index < -0.39 is 0 Å². The topological polar surface area (TPSA) is 84.4 Å². The van der Waals surface area contributed by atoms with Crippen LogP contribution in [0.4, 0.5) is 17.8 Å². The second-order valence-electron chi connectivity index (χ2n) is 4.24. The van der Waals surface area contributed by atoms with Crippen LogP contribution in [-0.4, -0.2) is 69.1 Å². The molecule has 0 radical (unpaired) electrons. The summed E-state index contributed by atoms with van der Waals surface area (Å²) in [4.78, 5) is 14.7. The van der Waals surface area contributed by atoms with Gasteiger partial charge in [-0.25, -0.2) is 0 Å². The molecule has 0 saturated heterocycles. The Labute approximate surface area is 119 Å². The average molecular weight is 284 g/mol. The Morgan fingerprint density at radius 3 is 2.30 bits per heavy atom. The van der Waals surface area contributed by atoms with Gasteiger partial charge >= 0.3 is 0 Å². The molecule has 0 aliphatic rings. The van der Waals surface area contributed by atoms with E-state index in [0.717, 1.165) is 6.54 Å². The van der Waals surface area contributed by atoms with Gasteiger partial charge in [0.05, 0.1) is 19.8 Å². The Balaban J connectivity index is 2.50. The minimum Gasteiger partial charge on any atom is -0.382 e. The van der Waals surface area contributed by atoms with Gasteiger partial charge in [-0.1, -0.05) is 0 Å². The molecule has 114 valence electrons. The molecule has 0 saturated carbocycles. The molecule has 2 N–H and O–H groups in total. The van der Waals surface area contributed by atoms with E-state index in [4.69, 9.17) is 9.47 Å². The molecule has 0 fully saturated rings. The standard InChI is InChI=1S/C12H24N6O2/c1-5-13-10-15-11(17-12(16-10)18(2)3)14-6-7-20-9-8-19-4/h5-9H2,1-4H3,(H2,13,14,15,16,17). The van der Waals surface area contributed by atoms with Crippen LogP contribution in [0.3, 0.4) is 0 Å². The van der Waals surface area contributed by atoms with Crippen LogP contribution in [0, 0.1) is 0 Å². The van der Waals surface area contributed by atoms with Crippen molar-refractivity contribution in [1.29, 1.82) is 0 Å². The van der Waals surface area contributed by atoms with Crippen LogP contribution in [-0.2, 0) is 9.47 Å². The summed E-state index contributed by atoms with van der Waals surface area (Å²) in [6.07, 6.45) is 0. The van der Waals surface area contributed by atoms with Crippen molar-refractivity contribution in [2.45, 2.75) is 6.92 Å². The van der Waals surface area contributed by atoms with Crippen LogP contribution in [0.5, 0.6) is 0 Å². The van der Waals surface area contributed by atoms with Gasteiger partial charge in [0, 0.05) is 34.3 Å². The number of hydrogen-bond donors (Lipinski definition) is 2. The van der Waals surface area contributed by atoms with E-state index in [9.17, 15) is 0 Å². The molecule has 8 heteroatoms. The van der Waals surface area contributed by atoms with E-state index in [0.29, 0.717) is 44.2 Å². The number of rotatable bonds is 10. The van der Waals surface area contributed by atoms with Crippen molar-refractivity contribution in [1.82, 2.24) is 15.0 Å². The Morgan fingerprint density at radius 1 is 1.00 bits per heavy atom. The van der Waals surface area contributed by atoms with Crippen molar-refractivity contribution in [2.75, 3.05) is 69.6 Å². The van der Waals surface area contributed by atoms with Gasteiger partial charge in [-0.15, -0.1) is 0 Å². The first-order chi connectivity index (χ1) is 9.67. The van der Waals surface area contributed by atoms with Crippen molar-refractivity contribution < 1.29 is 9.47 Å². The Bertz CT molecular complexity index is 388. The molecule has 20 heavy (non-hydrogen) atoms. The largest absolute Gasteiger partial charge is 0.382 e. The summed E-state index contributed by atoms with van der Waals surface area (Å²) in [5, 5.41) is 6.21. The third-order valence-corrected chi connectivity index (χ3v) is 2.32. The van der Waals surface area contributed by atoms with Crippen molar-refractivity contribution >= 4 is 17.8 Å². The van der Waals surface area contributed by atoms with Gasteiger partial charge < -0.3 is 25.0 Å². The molecule has 0 unspecified atom stereocenters. The highest BCUT2D eigenvalue weighted by Gasteiger charge is 2.07. The van der Waals surface area contributed by atoms with E-state index in [2.05, 4.69) is 25.6 Å². The second kappa shape index (κ2) is 9.27. The van der Waals surface area contributed by atoms with E-state index >= 15 is 0 Å². The molecule has 0 bridgehead atoms. The summed E-state index contributed by atoms with van der Waals surface area (Å²) in [6, 6.07) is 0. The Hall–Kier alpha value is -1.67. The van der Waals surface area contributed by atoms with Crippen molar-refractivity contribution in [3.8, 4) is 0 Å². The average Bonchev–Trinajstić information content (AvgIpc) is 2.43. The summed E-state index contributed by atoms with van der Waals surface area (Å²) in [6.45, 7) is 5.14. The highest BCUT2D eigenvalue weighted by molar-refractivity contribution is 5.42. The maximum absolute atomic E-state index is 5.37. The zero-order valence-electron chi connectivity index (χ0n) is 12.6. The molecule has 8 nitrogen and oxygen atoms in total. The van der Waals surface area contributed by atoms with E-state index in [-0.39, 0.29) is 0 Å². The molecule has 1 rings (SSSR count). The van der Waals surface area contributed by atoms with Crippen LogP contribution >= 0.6 is 0 Å². The van der Waals surface area contributed by atoms with Gasteiger partial charge in [0.1, 0.15) is 0 Å². The van der Waals surface area contributed by atoms with Crippen molar-refractivity contribution in [2.24, 2.45) is 0 Å². The predicted molar refractivity (Wildman–Crippen MR) is 79.5 cm³/mol. The Kier molecular flexibility index (Phi) is 7.59. The summed E-state index contributed by atoms with van der Waals surface area (Å²) in [5.41, 5.74) is 0. The van der Waals surface area contributed by atoms with Crippen LogP contribution in [0.25, 0.3) is 0 Å². The third-order valence-electron chi connectivity index (χ3n) is 2.32. The Morgan fingerprint density at radius 2 is 1.70 bits per heavy atom. The zero-order valence-corrected chi connectivity index (χ0v) is 12.6. The van der Waals surface area contributed by atoms with Crippen molar-refractivity contribution in [3.05, 3.63) is 0 Å². The molecule has 0 amide bonds. The normalized spacial score (nSPS) is 10.4. The molecular formula is C12H24N6O2. The minimum atomic E-state index is 0.537. The fraction of sp³-hybridized carbons (Fsp3) is 0.750. The van der Waals surface area contributed by atoms with Crippen LogP contribution in [0.1, 0.15) is 6.92 Å². The SMILES string of the molecule is CCNc1nc(NCCOCCOC)nc(N(C)C)n1. The number of nitrogens with zero attached hydrogens (tertiary/aromatic N) is 4. The van der Waals surface area contributed by atoms with Gasteiger partial charge in [0.15, 0.2) is 0 Å². The lowest BCUT2D eigenvalue weighted by Crippen LogP contribution is -2.18. The fourth-order valence-electron chi connectivity index (χ4n) is 1.36. The van der Waals surface area contributed by atoms with Gasteiger partial charge in [-0.2, -0.15) is 15.0 Å². The predicted octanol–water partition coefficient (Wildman–Crippen LogP) is 0.444. The number of anilines is 3. The maximum atomic E-state index is 5.37. The van der Waals surface area contributed by atoms with Gasteiger partial charge in [-0.05, 0) is 6.92 Å². The van der Waals surface area contributed by atoms with E-state index in [1.54, 1.807) is 7.11 Å². The molecule has 0 aromatic carbocycles. The highest BCUT2D eigenvalue weighted by atomic mass is 16.5. The molecule has 1 heterocycles. The smallest absolute Gasteiger partial charge is 0.231 e. The lowest BCUT2D eigenvalue weighted by atomic mass is 10.6. The third kappa shape index (κ3) is 5.98. The summed E-state index contributed by atoms with van der Waals surface area (Å²) >= 11 is 0. The van der Waals surface area contributed by atoms with Crippen LogP contribution in [0.15, 0.2) is 0 Å². The number of hydrogen-bond acceptors (Lipinski definition) is 8. The van der Waals surface area contributed by atoms with E-state index in [1.165, 1.54) is 0 Å². The van der Waals surface area contributed by atoms with Gasteiger partial charge in [-0.3, -0.25) is 0 Å². The highest BCUT2D eigenvalue weighted by Crippen LogP contribution is 2.10. The van der Waals surface area contributed by atoms with Gasteiger partial charge in [0.25, 0.3) is 0 Å². The molecular weight excluding hydrogens is 260 g/mol. The fourth-order valence-corrected chi connectivity index (χ4v) is 1.36. The monoisotopic (exact) mass is 284 g/mol. The zero-order chi connectivity index (χ0) is 14.8. The maximum Gasteiger partial charge on any atom is 0.231 e. The first-order valence-corrected chi connectivity index (χ1v) is 6.65. The van der Waals surface area contributed by atoms with E-state index in [1.807, 2.05) is 25.9 Å². The molecule has 1 aromatic rings. The second-order valence-corrected chi connectivity index (χ2v) is 4.24. The lowest BCUT2D eigenvalue weighted by molar-refractivity contribution is 0.0759. The van der Waals surface area contributed by atoms with Crippen LogP contribution in [0.2, 0.25) is 0 Å². The summed E-state index contributed by atoms with van der Waals surface area (Å²) < 4.78 is 10.3. The number of nitrogens with one attached hydrogen (secondary N) is 2. The lowest BCUT2D eigenvalue weighted by Gasteiger charge is -2.13. The van der Waals surface area contributed by atoms with Crippen LogP contribution < -0.4 is 15.5 Å². The summed E-state index contributed by atoms with van der Waals surface area (Å²) in [5.74, 6) is 1.71. The molecule has 0 aliphatic heterocycles. The van der Waals surface area contributed by atoms with Crippen molar-refractivity contribution in [3.63, 3.8) is 0 Å². The summed E-state index contributed by atoms with van der Waals surface area (Å²) in [7, 11) is 5.43. The quantitative estimate of drug-likeness (QED) is 0.599. The molecule has 1 aromatic heterocycles. The number of aromatic nitrogens is 3. The number of methoxy groups -OCH3 is 1. The first-order valence-electron chi connectivity index (χ1n) is 6.65.